The molecule has 0 radical (unpaired) electrons. The summed E-state index contributed by atoms with van der Waals surface area (Å²) < 4.78 is 10.6. The van der Waals surface area contributed by atoms with Gasteiger partial charge in [0.2, 0.25) is 0 Å². The maximum Gasteiger partial charge on any atom is 0.322 e. The fourth-order valence-corrected chi connectivity index (χ4v) is 3.31. The molecule has 0 saturated carbocycles. The van der Waals surface area contributed by atoms with E-state index in [0.717, 1.165) is 22.8 Å². The number of hydrogen-bond donors (Lipinski definition) is 2. The van der Waals surface area contributed by atoms with Crippen LogP contribution < -0.4 is 14.8 Å². The van der Waals surface area contributed by atoms with Crippen molar-refractivity contribution >= 4 is 11.7 Å². The first-order valence-electron chi connectivity index (χ1n) is 9.09. The highest BCUT2D eigenvalue weighted by Gasteiger charge is 2.24. The molecule has 7 nitrogen and oxygen atoms in total. The standard InChI is InChI=1S/C21H22N4O3/c1-27-15-8-9-19(28-2)17(12-15)24-21(26)25-11-10-16-18(13-25)23-20(22-16)14-6-4-3-5-7-14/h3-9,12H,10-11,13H2,1-2H3,(H,22,23)(H,24,26). The van der Waals surface area contributed by atoms with Gasteiger partial charge in [0.05, 0.1) is 37.8 Å². The summed E-state index contributed by atoms with van der Waals surface area (Å²) in [4.78, 5) is 22.6. The molecule has 144 valence electrons. The maximum atomic E-state index is 12.8. The number of aromatic amines is 1. The van der Waals surface area contributed by atoms with Crippen molar-refractivity contribution < 1.29 is 14.3 Å². The molecule has 7 heteroatoms. The molecule has 2 amide bonds. The van der Waals surface area contributed by atoms with Gasteiger partial charge in [-0.15, -0.1) is 0 Å². The molecule has 2 aromatic carbocycles. The highest BCUT2D eigenvalue weighted by Crippen LogP contribution is 2.30. The summed E-state index contributed by atoms with van der Waals surface area (Å²) in [7, 11) is 3.16. The molecule has 0 fully saturated rings. The number of urea groups is 1. The monoisotopic (exact) mass is 378 g/mol. The van der Waals surface area contributed by atoms with E-state index in [4.69, 9.17) is 14.5 Å². The van der Waals surface area contributed by atoms with E-state index >= 15 is 0 Å². The van der Waals surface area contributed by atoms with Crippen LogP contribution in [-0.2, 0) is 13.0 Å². The Labute approximate surface area is 163 Å². The Morgan fingerprint density at radius 3 is 2.71 bits per heavy atom. The van der Waals surface area contributed by atoms with Gasteiger partial charge in [-0.25, -0.2) is 9.78 Å². The van der Waals surface area contributed by atoms with Crippen LogP contribution >= 0.6 is 0 Å². The number of fused-ring (bicyclic) bond motifs is 1. The number of anilines is 1. The zero-order chi connectivity index (χ0) is 19.5. The van der Waals surface area contributed by atoms with Gasteiger partial charge in [0.1, 0.15) is 17.3 Å². The Kier molecular flexibility index (Phi) is 4.89. The van der Waals surface area contributed by atoms with Crippen LogP contribution in [0, 0.1) is 0 Å². The lowest BCUT2D eigenvalue weighted by Gasteiger charge is -2.26. The van der Waals surface area contributed by atoms with Gasteiger partial charge in [0.15, 0.2) is 0 Å². The Morgan fingerprint density at radius 1 is 1.14 bits per heavy atom. The number of methoxy groups -OCH3 is 2. The smallest absolute Gasteiger partial charge is 0.322 e. The van der Waals surface area contributed by atoms with Crippen LogP contribution in [0.2, 0.25) is 0 Å². The van der Waals surface area contributed by atoms with E-state index in [2.05, 4.69) is 10.3 Å². The normalized spacial score (nSPS) is 13.0. The Hall–Kier alpha value is -3.48. The van der Waals surface area contributed by atoms with Crippen LogP contribution in [0.25, 0.3) is 11.4 Å². The van der Waals surface area contributed by atoms with Gasteiger partial charge in [0, 0.05) is 24.6 Å². The molecule has 0 unspecified atom stereocenters. The molecule has 0 bridgehead atoms. The van der Waals surface area contributed by atoms with Crippen molar-refractivity contribution in [2.75, 3.05) is 26.1 Å². The average Bonchev–Trinajstić information content (AvgIpc) is 3.17. The number of nitrogens with zero attached hydrogens (tertiary/aromatic N) is 2. The van der Waals surface area contributed by atoms with Crippen LogP contribution in [0.15, 0.2) is 48.5 Å². The predicted octanol–water partition coefficient (Wildman–Crippen LogP) is 3.68. The lowest BCUT2D eigenvalue weighted by Crippen LogP contribution is -2.39. The molecule has 0 saturated heterocycles. The summed E-state index contributed by atoms with van der Waals surface area (Å²) in [6.45, 7) is 1.08. The predicted molar refractivity (Wildman–Crippen MR) is 107 cm³/mol. The van der Waals surface area contributed by atoms with Gasteiger partial charge < -0.3 is 24.7 Å². The minimum absolute atomic E-state index is 0.187. The summed E-state index contributed by atoms with van der Waals surface area (Å²) >= 11 is 0. The second-order valence-electron chi connectivity index (χ2n) is 6.54. The number of amides is 2. The number of rotatable bonds is 4. The first-order valence-corrected chi connectivity index (χ1v) is 9.09. The zero-order valence-electron chi connectivity index (χ0n) is 15.9. The molecule has 0 aliphatic carbocycles. The number of ether oxygens (including phenoxy) is 2. The minimum Gasteiger partial charge on any atom is -0.497 e. The summed E-state index contributed by atoms with van der Waals surface area (Å²) in [5, 5.41) is 2.92. The largest absolute Gasteiger partial charge is 0.497 e. The second-order valence-corrected chi connectivity index (χ2v) is 6.54. The number of H-pyrrole nitrogens is 1. The molecule has 0 atom stereocenters. The summed E-state index contributed by atoms with van der Waals surface area (Å²) in [5.41, 5.74) is 3.60. The van der Waals surface area contributed by atoms with Gasteiger partial charge in [-0.3, -0.25) is 0 Å². The molecule has 1 aromatic heterocycles. The quantitative estimate of drug-likeness (QED) is 0.726. The third-order valence-corrected chi connectivity index (χ3v) is 4.81. The van der Waals surface area contributed by atoms with Crippen molar-refractivity contribution in [3.63, 3.8) is 0 Å². The number of carbonyl (C=O) groups excluding carboxylic acids is 1. The molecule has 2 N–H and O–H groups in total. The number of hydrogen-bond acceptors (Lipinski definition) is 4. The van der Waals surface area contributed by atoms with Crippen molar-refractivity contribution in [1.82, 2.24) is 14.9 Å². The van der Waals surface area contributed by atoms with E-state index in [1.54, 1.807) is 37.3 Å². The SMILES string of the molecule is COc1ccc(OC)c(NC(=O)N2CCc3nc(-c4ccccc4)[nH]c3C2)c1. The number of carbonyl (C=O) groups is 1. The van der Waals surface area contributed by atoms with E-state index in [-0.39, 0.29) is 6.03 Å². The number of aromatic nitrogens is 2. The van der Waals surface area contributed by atoms with E-state index in [0.29, 0.717) is 36.7 Å². The van der Waals surface area contributed by atoms with Gasteiger partial charge in [-0.1, -0.05) is 30.3 Å². The second kappa shape index (κ2) is 7.64. The Bertz CT molecular complexity index is 985. The molecule has 3 aromatic rings. The summed E-state index contributed by atoms with van der Waals surface area (Å²) in [6.07, 6.45) is 0.710. The van der Waals surface area contributed by atoms with Gasteiger partial charge in [0.25, 0.3) is 0 Å². The number of benzene rings is 2. The van der Waals surface area contributed by atoms with Gasteiger partial charge >= 0.3 is 6.03 Å². The minimum atomic E-state index is -0.187. The zero-order valence-corrected chi connectivity index (χ0v) is 15.9. The lowest BCUT2D eigenvalue weighted by molar-refractivity contribution is 0.205. The third kappa shape index (κ3) is 3.51. The maximum absolute atomic E-state index is 12.8. The van der Waals surface area contributed by atoms with Crippen LogP contribution in [0.4, 0.5) is 10.5 Å². The fourth-order valence-electron chi connectivity index (χ4n) is 3.31. The van der Waals surface area contributed by atoms with E-state index < -0.39 is 0 Å². The molecule has 1 aliphatic heterocycles. The molecular weight excluding hydrogens is 356 g/mol. The van der Waals surface area contributed by atoms with Crippen molar-refractivity contribution in [3.05, 3.63) is 59.9 Å². The molecule has 0 spiro atoms. The fraction of sp³-hybridized carbons (Fsp3) is 0.238. The number of imidazole rings is 1. The van der Waals surface area contributed by atoms with Crippen molar-refractivity contribution in [3.8, 4) is 22.9 Å². The van der Waals surface area contributed by atoms with Crippen LogP contribution in [-0.4, -0.2) is 41.7 Å². The van der Waals surface area contributed by atoms with E-state index in [1.807, 2.05) is 30.3 Å². The van der Waals surface area contributed by atoms with E-state index in [9.17, 15) is 4.79 Å². The Morgan fingerprint density at radius 2 is 1.96 bits per heavy atom. The molecule has 2 heterocycles. The third-order valence-electron chi connectivity index (χ3n) is 4.81. The summed E-state index contributed by atoms with van der Waals surface area (Å²) in [6, 6.07) is 15.1. The molecule has 1 aliphatic rings. The topological polar surface area (TPSA) is 79.5 Å². The lowest BCUT2D eigenvalue weighted by atomic mass is 10.1. The van der Waals surface area contributed by atoms with Crippen molar-refractivity contribution in [2.24, 2.45) is 0 Å². The highest BCUT2D eigenvalue weighted by atomic mass is 16.5. The highest BCUT2D eigenvalue weighted by molar-refractivity contribution is 5.91. The Balaban J connectivity index is 1.50. The summed E-state index contributed by atoms with van der Waals surface area (Å²) in [5.74, 6) is 2.07. The molecule has 4 rings (SSSR count). The number of nitrogens with one attached hydrogen (secondary N) is 2. The van der Waals surface area contributed by atoms with E-state index in [1.165, 1.54) is 0 Å². The van der Waals surface area contributed by atoms with Crippen LogP contribution in [0.1, 0.15) is 11.4 Å². The average molecular weight is 378 g/mol. The van der Waals surface area contributed by atoms with Gasteiger partial charge in [-0.2, -0.15) is 0 Å². The first-order chi connectivity index (χ1) is 13.7. The van der Waals surface area contributed by atoms with Crippen molar-refractivity contribution in [2.45, 2.75) is 13.0 Å². The first kappa shape index (κ1) is 17.9. The molecule has 28 heavy (non-hydrogen) atoms. The van der Waals surface area contributed by atoms with Crippen LogP contribution in [0.3, 0.4) is 0 Å². The van der Waals surface area contributed by atoms with Gasteiger partial charge in [-0.05, 0) is 12.1 Å². The van der Waals surface area contributed by atoms with Crippen molar-refractivity contribution in [1.29, 1.82) is 0 Å². The molecular formula is C21H22N4O3. The van der Waals surface area contributed by atoms with Crippen LogP contribution in [0.5, 0.6) is 11.5 Å².